The average molecular weight is 563 g/mol. The number of rotatable bonds is 5. The number of non-ortho nitro benzene ring substituents is 1. The Kier molecular flexibility index (Phi) is 9.64. The third-order valence-electron chi connectivity index (χ3n) is 4.48. The summed E-state index contributed by atoms with van der Waals surface area (Å²) in [5, 5.41) is 22.4. The molecule has 0 aliphatic heterocycles. The van der Waals surface area contributed by atoms with E-state index in [4.69, 9.17) is 5.26 Å². The van der Waals surface area contributed by atoms with Gasteiger partial charge in [0.2, 0.25) is 0 Å². The molecule has 0 saturated heterocycles. The largest absolute Gasteiger partial charge is 0.270 e. The van der Waals surface area contributed by atoms with Crippen molar-refractivity contribution in [3.05, 3.63) is 89.2 Å². The standard InChI is InChI=1S/C14H9N3O2.C8H10AsNO5.ClH/c18-17(19)12-5-1-3-11(9-12)14-13-10(6-8-16-14)4-2-7-15-13;1-6(11)10-8-5-3-2-4-7(8)9(12,13)15-14;/h1-9H;2-5,14H,1H3,(H,10,11)(H,12,13);1H. The molecule has 0 aliphatic carbocycles. The van der Waals surface area contributed by atoms with Gasteiger partial charge in [-0.25, -0.2) is 0 Å². The molecule has 1 amide bonds. The molecule has 0 fully saturated rings. The summed E-state index contributed by atoms with van der Waals surface area (Å²) < 4.78 is 24.1. The first kappa shape index (κ1) is 27.6. The van der Waals surface area contributed by atoms with E-state index < -0.39 is 19.1 Å². The van der Waals surface area contributed by atoms with Crippen LogP contribution in [0.3, 0.4) is 0 Å². The fraction of sp³-hybridized carbons (Fsp3) is 0.0455. The monoisotopic (exact) mass is 562 g/mol. The minimum atomic E-state index is -4.92. The number of carbonyl (C=O) groups excluding carboxylic acids is 1. The fourth-order valence-electron chi connectivity index (χ4n) is 3.04. The summed E-state index contributed by atoms with van der Waals surface area (Å²) in [6.07, 6.45) is 3.36. The fourth-order valence-corrected chi connectivity index (χ4v) is 4.71. The van der Waals surface area contributed by atoms with Crippen LogP contribution in [0.4, 0.5) is 11.4 Å². The van der Waals surface area contributed by atoms with Crippen LogP contribution in [0.15, 0.2) is 79.1 Å². The van der Waals surface area contributed by atoms with Crippen molar-refractivity contribution in [2.45, 2.75) is 6.92 Å². The molecule has 0 saturated carbocycles. The zero-order valence-electron chi connectivity index (χ0n) is 18.1. The maximum Gasteiger partial charge on any atom is 0.270 e. The van der Waals surface area contributed by atoms with E-state index in [2.05, 4.69) is 19.2 Å². The van der Waals surface area contributed by atoms with Crippen molar-refractivity contribution in [1.29, 1.82) is 0 Å². The first-order valence-electron chi connectivity index (χ1n) is 9.70. The summed E-state index contributed by atoms with van der Waals surface area (Å²) >= 11 is -4.92. The summed E-state index contributed by atoms with van der Waals surface area (Å²) in [7, 11) is 0. The van der Waals surface area contributed by atoms with Crippen LogP contribution >= 0.6 is 12.4 Å². The Morgan fingerprint density at radius 3 is 2.49 bits per heavy atom. The molecule has 2 heterocycles. The number of carbonyl (C=O) groups is 1. The summed E-state index contributed by atoms with van der Waals surface area (Å²) in [4.78, 5) is 29.8. The van der Waals surface area contributed by atoms with Gasteiger partial charge >= 0.3 is 88.4 Å². The molecule has 35 heavy (non-hydrogen) atoms. The molecule has 11 nitrogen and oxygen atoms in total. The van der Waals surface area contributed by atoms with Crippen LogP contribution < -0.4 is 9.67 Å². The van der Waals surface area contributed by atoms with E-state index in [0.717, 1.165) is 10.9 Å². The summed E-state index contributed by atoms with van der Waals surface area (Å²) in [6, 6.07) is 17.9. The molecule has 4 rings (SSSR count). The number of para-hydroxylation sites is 1. The van der Waals surface area contributed by atoms with E-state index in [9.17, 15) is 22.7 Å². The van der Waals surface area contributed by atoms with Crippen LogP contribution in [0.25, 0.3) is 22.2 Å². The van der Waals surface area contributed by atoms with Gasteiger partial charge in [-0.3, -0.25) is 20.1 Å². The van der Waals surface area contributed by atoms with Gasteiger partial charge in [0.05, 0.1) is 16.1 Å². The number of amides is 1. The molecule has 13 heteroatoms. The second kappa shape index (κ2) is 12.2. The molecule has 2 aromatic heterocycles. The molecule has 0 aliphatic rings. The zero-order valence-corrected chi connectivity index (χ0v) is 20.8. The Labute approximate surface area is 208 Å². The number of nitro groups is 1. The molecule has 182 valence electrons. The smallest absolute Gasteiger partial charge is 0.258 e. The van der Waals surface area contributed by atoms with Crippen molar-refractivity contribution < 1.29 is 26.7 Å². The minimum absolute atomic E-state index is 0. The van der Waals surface area contributed by atoms with E-state index in [-0.39, 0.29) is 34.0 Å². The van der Waals surface area contributed by atoms with Crippen LogP contribution in [-0.2, 0) is 12.4 Å². The molecular weight excluding hydrogens is 543 g/mol. The Hall–Kier alpha value is -3.60. The maximum absolute atomic E-state index is 11.4. The molecule has 2 aromatic carbocycles. The number of hydrogen-bond donors (Lipinski definition) is 3. The molecule has 0 radical (unpaired) electrons. The van der Waals surface area contributed by atoms with Crippen molar-refractivity contribution in [1.82, 2.24) is 9.97 Å². The Balaban J connectivity index is 0.000000247. The van der Waals surface area contributed by atoms with Gasteiger partial charge in [-0.05, 0) is 12.1 Å². The number of nitrogens with zero attached hydrogens (tertiary/aromatic N) is 3. The summed E-state index contributed by atoms with van der Waals surface area (Å²) in [5.74, 6) is -0.379. The van der Waals surface area contributed by atoms with Crippen LogP contribution in [0.2, 0.25) is 0 Å². The van der Waals surface area contributed by atoms with Crippen LogP contribution in [0, 0.1) is 10.1 Å². The number of aromatic nitrogens is 2. The van der Waals surface area contributed by atoms with Gasteiger partial charge in [-0.15, -0.1) is 12.4 Å². The van der Waals surface area contributed by atoms with Crippen molar-refractivity contribution in [3.8, 4) is 11.3 Å². The minimum Gasteiger partial charge on any atom is -0.258 e. The first-order valence-corrected chi connectivity index (χ1v) is 13.0. The number of hydrogen-bond acceptors (Lipinski definition) is 8. The number of anilines is 1. The third kappa shape index (κ3) is 6.95. The van der Waals surface area contributed by atoms with Gasteiger partial charge in [-0.1, -0.05) is 18.2 Å². The van der Waals surface area contributed by atoms with Crippen molar-refractivity contribution in [3.63, 3.8) is 0 Å². The summed E-state index contributed by atoms with van der Waals surface area (Å²) in [6.45, 7) is 1.27. The van der Waals surface area contributed by atoms with Crippen LogP contribution in [0.5, 0.6) is 0 Å². The topological polar surface area (TPSA) is 165 Å². The molecule has 0 spiro atoms. The predicted octanol–water partition coefficient (Wildman–Crippen LogP) is 3.33. The average Bonchev–Trinajstić information content (AvgIpc) is 2.84. The van der Waals surface area contributed by atoms with Crippen LogP contribution in [0.1, 0.15) is 6.92 Å². The van der Waals surface area contributed by atoms with Gasteiger partial charge < -0.3 is 0 Å². The van der Waals surface area contributed by atoms with E-state index >= 15 is 0 Å². The number of fused-ring (bicyclic) bond motifs is 1. The first-order chi connectivity index (χ1) is 16.2. The van der Waals surface area contributed by atoms with E-state index in [1.807, 2.05) is 18.2 Å². The number of benzene rings is 2. The maximum atomic E-state index is 11.4. The van der Waals surface area contributed by atoms with E-state index in [0.29, 0.717) is 11.3 Å². The molecule has 4 aromatic rings. The number of nitro benzene ring substituents is 1. The van der Waals surface area contributed by atoms with Crippen molar-refractivity contribution in [2.24, 2.45) is 0 Å². The SMILES string of the molecule is CC(=O)Nc1ccccc1[As](=O)(O)OO.Cl.O=[N+]([O-])c1cccc(-c2nccc3cccnc23)c1. The quantitative estimate of drug-likeness (QED) is 0.143. The number of halogens is 1. The van der Waals surface area contributed by atoms with Crippen LogP contribution in [-0.4, -0.2) is 44.3 Å². The van der Waals surface area contributed by atoms with Gasteiger partial charge in [0.15, 0.2) is 0 Å². The Bertz CT molecular complexity index is 1400. The van der Waals surface area contributed by atoms with Gasteiger partial charge in [0.1, 0.15) is 0 Å². The molecule has 1 unspecified atom stereocenters. The van der Waals surface area contributed by atoms with Gasteiger partial charge in [-0.2, -0.15) is 0 Å². The molecule has 3 N–H and O–H groups in total. The molecular formula is C22H20AsClN4O7. The number of pyridine rings is 2. The van der Waals surface area contributed by atoms with E-state index in [1.54, 1.807) is 30.6 Å². The van der Waals surface area contributed by atoms with Crippen molar-refractivity contribution in [2.75, 3.05) is 5.32 Å². The van der Waals surface area contributed by atoms with Crippen molar-refractivity contribution >= 4 is 59.1 Å². The Morgan fingerprint density at radius 2 is 1.80 bits per heavy atom. The second-order valence-corrected chi connectivity index (χ2v) is 10.4. The Morgan fingerprint density at radius 1 is 1.06 bits per heavy atom. The van der Waals surface area contributed by atoms with E-state index in [1.165, 1.54) is 37.3 Å². The normalized spacial score (nSPS) is 11.9. The number of nitrogens with one attached hydrogen (secondary N) is 1. The van der Waals surface area contributed by atoms with Gasteiger partial charge in [0, 0.05) is 35.5 Å². The predicted molar refractivity (Wildman–Crippen MR) is 132 cm³/mol. The molecule has 1 atom stereocenters. The molecule has 0 bridgehead atoms. The zero-order chi connectivity index (χ0) is 24.7. The van der Waals surface area contributed by atoms with Gasteiger partial charge in [0.25, 0.3) is 5.69 Å². The second-order valence-electron chi connectivity index (χ2n) is 6.84. The third-order valence-corrected chi connectivity index (χ3v) is 7.04. The summed E-state index contributed by atoms with van der Waals surface area (Å²) in [5.41, 5.74) is 2.29.